The van der Waals surface area contributed by atoms with Gasteiger partial charge in [0.05, 0.1) is 5.52 Å². The molecule has 128 valence electrons. The van der Waals surface area contributed by atoms with Crippen molar-refractivity contribution >= 4 is 23.0 Å². The number of nitrogens with zero attached hydrogens (tertiary/aromatic N) is 2. The van der Waals surface area contributed by atoms with Gasteiger partial charge < -0.3 is 19.5 Å². The molecule has 0 unspecified atom stereocenters. The summed E-state index contributed by atoms with van der Waals surface area (Å²) in [6.07, 6.45) is 0.892. The zero-order chi connectivity index (χ0) is 17.1. The Morgan fingerprint density at radius 3 is 2.62 bits per heavy atom. The number of oxazole rings is 1. The van der Waals surface area contributed by atoms with Gasteiger partial charge in [-0.1, -0.05) is 6.92 Å². The van der Waals surface area contributed by atoms with Crippen LogP contribution in [0, 0.1) is 0 Å². The van der Waals surface area contributed by atoms with Crippen molar-refractivity contribution in [1.82, 2.24) is 20.1 Å². The molecule has 0 aliphatic carbocycles. The minimum absolute atomic E-state index is 0.0821. The molecule has 24 heavy (non-hydrogen) atoms. The first-order valence-electron chi connectivity index (χ1n) is 8.03. The average molecular weight is 332 g/mol. The van der Waals surface area contributed by atoms with Crippen molar-refractivity contribution in [2.45, 2.75) is 13.3 Å². The van der Waals surface area contributed by atoms with Crippen molar-refractivity contribution in [3.63, 3.8) is 0 Å². The van der Waals surface area contributed by atoms with Gasteiger partial charge in [0, 0.05) is 38.3 Å². The number of H-pyrrole nitrogens is 1. The highest BCUT2D eigenvalue weighted by molar-refractivity contribution is 5.97. The number of hydrogen-bond donors (Lipinski definition) is 2. The summed E-state index contributed by atoms with van der Waals surface area (Å²) in [5, 5.41) is 2.84. The van der Waals surface area contributed by atoms with E-state index >= 15 is 0 Å². The van der Waals surface area contributed by atoms with E-state index in [-0.39, 0.29) is 11.9 Å². The molecule has 1 aliphatic heterocycles. The SMILES string of the molecule is CCCNC(=O)N1CCN(C(=O)c2ccc3oc(=O)[nH]c3c2)CC1. The molecule has 1 aliphatic rings. The lowest BCUT2D eigenvalue weighted by Gasteiger charge is -2.34. The van der Waals surface area contributed by atoms with Crippen LogP contribution in [0.5, 0.6) is 0 Å². The van der Waals surface area contributed by atoms with E-state index in [0.29, 0.717) is 49.4 Å². The standard InChI is InChI=1S/C16H20N4O4/c1-2-5-17-15(22)20-8-6-19(7-9-20)14(21)11-3-4-13-12(10-11)18-16(23)24-13/h3-4,10H,2,5-9H2,1H3,(H,17,22)(H,18,23). The van der Waals surface area contributed by atoms with Crippen LogP contribution in [-0.4, -0.2) is 59.4 Å². The van der Waals surface area contributed by atoms with Gasteiger partial charge in [-0.15, -0.1) is 0 Å². The van der Waals surface area contributed by atoms with Crippen molar-refractivity contribution in [1.29, 1.82) is 0 Å². The Kier molecular flexibility index (Phi) is 4.54. The van der Waals surface area contributed by atoms with Crippen molar-refractivity contribution in [2.75, 3.05) is 32.7 Å². The molecule has 1 saturated heterocycles. The van der Waals surface area contributed by atoms with Crippen molar-refractivity contribution < 1.29 is 14.0 Å². The normalized spacial score (nSPS) is 14.9. The number of carbonyl (C=O) groups excluding carboxylic acids is 2. The zero-order valence-electron chi connectivity index (χ0n) is 13.5. The molecule has 3 rings (SSSR count). The molecule has 8 heteroatoms. The van der Waals surface area contributed by atoms with Crippen LogP contribution in [0.25, 0.3) is 11.1 Å². The Hall–Kier alpha value is -2.77. The first-order valence-corrected chi connectivity index (χ1v) is 8.03. The Bertz CT molecular complexity index is 802. The number of amides is 3. The van der Waals surface area contributed by atoms with Crippen molar-refractivity contribution in [3.05, 3.63) is 34.3 Å². The Morgan fingerprint density at radius 1 is 1.21 bits per heavy atom. The monoisotopic (exact) mass is 332 g/mol. The Morgan fingerprint density at radius 2 is 1.92 bits per heavy atom. The van der Waals surface area contributed by atoms with Gasteiger partial charge in [0.25, 0.3) is 5.91 Å². The Balaban J connectivity index is 1.63. The number of hydrogen-bond acceptors (Lipinski definition) is 4. The second kappa shape index (κ2) is 6.77. The molecule has 0 atom stereocenters. The number of aromatic amines is 1. The van der Waals surface area contributed by atoms with Crippen LogP contribution in [0.15, 0.2) is 27.4 Å². The van der Waals surface area contributed by atoms with Crippen LogP contribution < -0.4 is 11.1 Å². The molecule has 0 spiro atoms. The van der Waals surface area contributed by atoms with Crippen molar-refractivity contribution in [3.8, 4) is 0 Å². The highest BCUT2D eigenvalue weighted by Crippen LogP contribution is 2.15. The van der Waals surface area contributed by atoms with Crippen LogP contribution >= 0.6 is 0 Å². The Labute approximate surface area is 138 Å². The molecule has 0 radical (unpaired) electrons. The van der Waals surface area contributed by atoms with Crippen LogP contribution in [0.4, 0.5) is 4.79 Å². The van der Waals surface area contributed by atoms with E-state index < -0.39 is 5.76 Å². The quantitative estimate of drug-likeness (QED) is 0.876. The average Bonchev–Trinajstić information content (AvgIpc) is 2.98. The third-order valence-corrected chi connectivity index (χ3v) is 4.05. The van der Waals surface area contributed by atoms with E-state index in [9.17, 15) is 14.4 Å². The molecule has 1 aromatic heterocycles. The van der Waals surface area contributed by atoms with Crippen LogP contribution in [0.2, 0.25) is 0 Å². The summed E-state index contributed by atoms with van der Waals surface area (Å²) in [4.78, 5) is 41.7. The number of urea groups is 1. The van der Waals surface area contributed by atoms with Crippen LogP contribution in [-0.2, 0) is 0 Å². The summed E-state index contributed by atoms with van der Waals surface area (Å²) in [6.45, 7) is 4.64. The highest BCUT2D eigenvalue weighted by atomic mass is 16.4. The van der Waals surface area contributed by atoms with E-state index in [2.05, 4.69) is 10.3 Å². The number of fused-ring (bicyclic) bond motifs is 1. The van der Waals surface area contributed by atoms with Crippen molar-refractivity contribution in [2.24, 2.45) is 0 Å². The summed E-state index contributed by atoms with van der Waals surface area (Å²) < 4.78 is 4.93. The third-order valence-electron chi connectivity index (χ3n) is 4.05. The molecule has 8 nitrogen and oxygen atoms in total. The van der Waals surface area contributed by atoms with Gasteiger partial charge in [0.1, 0.15) is 0 Å². The fourth-order valence-corrected chi connectivity index (χ4v) is 2.72. The number of nitrogens with one attached hydrogen (secondary N) is 2. The fraction of sp³-hybridized carbons (Fsp3) is 0.438. The largest absolute Gasteiger partial charge is 0.417 e. The van der Waals surface area contributed by atoms with E-state index in [4.69, 9.17) is 4.42 Å². The van der Waals surface area contributed by atoms with E-state index in [1.54, 1.807) is 28.0 Å². The number of carbonyl (C=O) groups is 2. The predicted octanol–water partition coefficient (Wildman–Crippen LogP) is 0.998. The lowest BCUT2D eigenvalue weighted by Crippen LogP contribution is -2.53. The number of rotatable bonds is 3. The minimum Gasteiger partial charge on any atom is -0.408 e. The van der Waals surface area contributed by atoms with E-state index in [0.717, 1.165) is 6.42 Å². The molecule has 0 saturated carbocycles. The minimum atomic E-state index is -0.540. The lowest BCUT2D eigenvalue weighted by molar-refractivity contribution is 0.0665. The second-order valence-corrected chi connectivity index (χ2v) is 5.74. The molecule has 1 aromatic carbocycles. The van der Waals surface area contributed by atoms with Gasteiger partial charge in [-0.3, -0.25) is 9.78 Å². The first-order chi connectivity index (χ1) is 11.6. The lowest BCUT2D eigenvalue weighted by atomic mass is 10.1. The smallest absolute Gasteiger partial charge is 0.408 e. The molecule has 3 amide bonds. The molecule has 0 bridgehead atoms. The summed E-state index contributed by atoms with van der Waals surface area (Å²) in [5.74, 6) is -0.658. The highest BCUT2D eigenvalue weighted by Gasteiger charge is 2.24. The maximum atomic E-state index is 12.6. The zero-order valence-corrected chi connectivity index (χ0v) is 13.5. The van der Waals surface area contributed by atoms with Gasteiger partial charge >= 0.3 is 11.8 Å². The summed E-state index contributed by atoms with van der Waals surface area (Å²) in [7, 11) is 0. The molecule has 1 fully saturated rings. The maximum Gasteiger partial charge on any atom is 0.417 e. The number of benzene rings is 1. The molecule has 2 heterocycles. The van der Waals surface area contributed by atoms with E-state index in [1.165, 1.54) is 0 Å². The molecule has 2 N–H and O–H groups in total. The van der Waals surface area contributed by atoms with Gasteiger partial charge in [-0.05, 0) is 24.6 Å². The molecular weight excluding hydrogens is 312 g/mol. The fourth-order valence-electron chi connectivity index (χ4n) is 2.72. The van der Waals surface area contributed by atoms with Crippen LogP contribution in [0.3, 0.4) is 0 Å². The molecule has 2 aromatic rings. The predicted molar refractivity (Wildman–Crippen MR) is 88.0 cm³/mol. The first kappa shape index (κ1) is 16.1. The van der Waals surface area contributed by atoms with Gasteiger partial charge in [-0.2, -0.15) is 0 Å². The number of aromatic nitrogens is 1. The van der Waals surface area contributed by atoms with Gasteiger partial charge in [0.2, 0.25) is 0 Å². The van der Waals surface area contributed by atoms with E-state index in [1.807, 2.05) is 6.92 Å². The summed E-state index contributed by atoms with van der Waals surface area (Å²) in [6, 6.07) is 4.78. The van der Waals surface area contributed by atoms with Gasteiger partial charge in [-0.25, -0.2) is 9.59 Å². The van der Waals surface area contributed by atoms with Crippen LogP contribution in [0.1, 0.15) is 23.7 Å². The maximum absolute atomic E-state index is 12.6. The van der Waals surface area contributed by atoms with Gasteiger partial charge in [0.15, 0.2) is 5.58 Å². The summed E-state index contributed by atoms with van der Waals surface area (Å²) in [5.41, 5.74) is 1.42. The topological polar surface area (TPSA) is 98.7 Å². The second-order valence-electron chi connectivity index (χ2n) is 5.74. The summed E-state index contributed by atoms with van der Waals surface area (Å²) >= 11 is 0. The third kappa shape index (κ3) is 3.27. The number of piperazine rings is 1. The molecular formula is C16H20N4O4.